The molecule has 0 saturated carbocycles. The summed E-state index contributed by atoms with van der Waals surface area (Å²) in [6, 6.07) is 18.3. The van der Waals surface area contributed by atoms with E-state index in [0.717, 1.165) is 16.5 Å². The molecule has 2 heterocycles. The van der Waals surface area contributed by atoms with Crippen LogP contribution >= 0.6 is 0 Å². The van der Waals surface area contributed by atoms with Crippen LogP contribution in [-0.2, 0) is 6.54 Å². The molecule has 0 radical (unpaired) electrons. The molecule has 4 rings (SSSR count). The zero-order valence-corrected chi connectivity index (χ0v) is 16.8. The van der Waals surface area contributed by atoms with Gasteiger partial charge in [-0.05, 0) is 48.2 Å². The maximum absolute atomic E-state index is 13.4. The van der Waals surface area contributed by atoms with Gasteiger partial charge in [0.15, 0.2) is 0 Å². The summed E-state index contributed by atoms with van der Waals surface area (Å²) in [7, 11) is 1.55. The fraction of sp³-hybridized carbons (Fsp3) is 0.125. The van der Waals surface area contributed by atoms with Gasteiger partial charge in [0.1, 0.15) is 5.75 Å². The fourth-order valence-electron chi connectivity index (χ4n) is 3.48. The van der Waals surface area contributed by atoms with E-state index in [1.54, 1.807) is 42.5 Å². The number of ether oxygens (including phenoxy) is 1. The second-order valence-corrected chi connectivity index (χ2v) is 6.97. The predicted molar refractivity (Wildman–Crippen MR) is 117 cm³/mol. The molecule has 6 nitrogen and oxygen atoms in total. The molecule has 0 aliphatic rings. The molecule has 30 heavy (non-hydrogen) atoms. The van der Waals surface area contributed by atoms with Gasteiger partial charge in [-0.1, -0.05) is 30.3 Å². The van der Waals surface area contributed by atoms with Crippen molar-refractivity contribution in [1.29, 1.82) is 0 Å². The molecule has 2 aromatic carbocycles. The number of anilines is 1. The molecule has 1 amide bonds. The van der Waals surface area contributed by atoms with Gasteiger partial charge >= 0.3 is 0 Å². The van der Waals surface area contributed by atoms with Gasteiger partial charge in [-0.15, -0.1) is 0 Å². The quantitative estimate of drug-likeness (QED) is 0.549. The van der Waals surface area contributed by atoms with Crippen LogP contribution in [0.25, 0.3) is 10.9 Å². The Bertz CT molecular complexity index is 1270. The van der Waals surface area contributed by atoms with Gasteiger partial charge in [-0.25, -0.2) is 0 Å². The summed E-state index contributed by atoms with van der Waals surface area (Å²) in [6.45, 7) is 2.04. The number of para-hydroxylation sites is 3. The van der Waals surface area contributed by atoms with E-state index in [-0.39, 0.29) is 18.0 Å². The molecule has 0 aliphatic heterocycles. The van der Waals surface area contributed by atoms with Gasteiger partial charge in [0, 0.05) is 18.0 Å². The van der Waals surface area contributed by atoms with Crippen LogP contribution in [0.2, 0.25) is 0 Å². The highest BCUT2D eigenvalue weighted by Gasteiger charge is 2.22. The first-order valence-electron chi connectivity index (χ1n) is 9.55. The van der Waals surface area contributed by atoms with Crippen LogP contribution in [0, 0.1) is 6.92 Å². The molecule has 150 valence electrons. The number of aryl methyl sites for hydroxylation is 1. The van der Waals surface area contributed by atoms with Crippen molar-refractivity contribution in [2.75, 3.05) is 12.0 Å². The molecular weight excluding hydrogens is 378 g/mol. The largest absolute Gasteiger partial charge is 0.495 e. The molecular formula is C24H21N3O3. The normalized spacial score (nSPS) is 10.7. The number of hydrogen-bond donors (Lipinski definition) is 1. The summed E-state index contributed by atoms with van der Waals surface area (Å²) in [4.78, 5) is 34.7. The summed E-state index contributed by atoms with van der Waals surface area (Å²) in [5.41, 5.74) is 3.05. The smallest absolute Gasteiger partial charge is 0.260 e. The van der Waals surface area contributed by atoms with Gasteiger partial charge in [0.25, 0.3) is 11.5 Å². The number of carbonyl (C=O) groups is 1. The van der Waals surface area contributed by atoms with E-state index in [9.17, 15) is 9.59 Å². The van der Waals surface area contributed by atoms with Crippen molar-refractivity contribution in [2.45, 2.75) is 13.5 Å². The average molecular weight is 399 g/mol. The second-order valence-electron chi connectivity index (χ2n) is 6.97. The molecule has 0 bridgehead atoms. The molecule has 6 heteroatoms. The van der Waals surface area contributed by atoms with Crippen molar-refractivity contribution >= 4 is 22.5 Å². The molecule has 4 aromatic rings. The Morgan fingerprint density at radius 1 is 1.10 bits per heavy atom. The highest BCUT2D eigenvalue weighted by molar-refractivity contribution is 6.06. The Morgan fingerprint density at radius 3 is 2.70 bits per heavy atom. The molecule has 0 fully saturated rings. The van der Waals surface area contributed by atoms with Crippen LogP contribution in [0.5, 0.6) is 5.75 Å². The molecule has 0 aliphatic carbocycles. The Morgan fingerprint density at radius 2 is 1.93 bits per heavy atom. The molecule has 1 N–H and O–H groups in total. The summed E-state index contributed by atoms with van der Waals surface area (Å²) in [5, 5.41) is 0.915. The summed E-state index contributed by atoms with van der Waals surface area (Å²) in [5.74, 6) is 0.277. The van der Waals surface area contributed by atoms with Crippen molar-refractivity contribution in [3.05, 3.63) is 100 Å². The summed E-state index contributed by atoms with van der Waals surface area (Å²) < 4.78 is 5.47. The third kappa shape index (κ3) is 3.67. The molecule has 0 unspecified atom stereocenters. The number of hydrogen-bond acceptors (Lipinski definition) is 4. The minimum absolute atomic E-state index is 0.0906. The lowest BCUT2D eigenvalue weighted by Gasteiger charge is -2.24. The SMILES string of the molecule is COc1ccccc1N(Cc1cc2cccc(C)c2[nH]c1=O)C(=O)c1cccnc1. The number of amides is 1. The third-order valence-corrected chi connectivity index (χ3v) is 5.02. The van der Waals surface area contributed by atoms with Crippen molar-refractivity contribution in [1.82, 2.24) is 9.97 Å². The standard InChI is InChI=1S/C24H21N3O3/c1-16-7-5-8-17-13-19(23(28)26-22(16)17)15-27(20-10-3-4-11-21(20)30-2)24(29)18-9-6-12-25-14-18/h3-14H,15H2,1-2H3,(H,26,28). The number of methoxy groups -OCH3 is 1. The number of rotatable bonds is 5. The number of fused-ring (bicyclic) bond motifs is 1. The summed E-state index contributed by atoms with van der Waals surface area (Å²) >= 11 is 0. The zero-order chi connectivity index (χ0) is 21.1. The van der Waals surface area contributed by atoms with Gasteiger partial charge in [-0.3, -0.25) is 14.6 Å². The van der Waals surface area contributed by atoms with Crippen molar-refractivity contribution in [2.24, 2.45) is 0 Å². The maximum atomic E-state index is 13.4. The Kier molecular flexibility index (Phi) is 5.30. The summed E-state index contributed by atoms with van der Waals surface area (Å²) in [6.07, 6.45) is 3.12. The van der Waals surface area contributed by atoms with E-state index in [4.69, 9.17) is 4.74 Å². The van der Waals surface area contributed by atoms with E-state index >= 15 is 0 Å². The molecule has 0 spiro atoms. The van der Waals surface area contributed by atoms with Gasteiger partial charge in [0.05, 0.1) is 30.4 Å². The predicted octanol–water partition coefficient (Wildman–Crippen LogP) is 4.09. The zero-order valence-electron chi connectivity index (χ0n) is 16.8. The van der Waals surface area contributed by atoms with Crippen LogP contribution in [0.3, 0.4) is 0 Å². The number of H-pyrrole nitrogens is 1. The van der Waals surface area contributed by atoms with Crippen molar-refractivity contribution in [3.8, 4) is 5.75 Å². The number of benzene rings is 2. The molecule has 0 atom stereocenters. The van der Waals surface area contributed by atoms with E-state index in [1.165, 1.54) is 6.20 Å². The number of pyridine rings is 2. The lowest BCUT2D eigenvalue weighted by Crippen LogP contribution is -2.33. The number of nitrogens with one attached hydrogen (secondary N) is 1. The van der Waals surface area contributed by atoms with Crippen LogP contribution < -0.4 is 15.2 Å². The number of aromatic amines is 1. The first-order valence-corrected chi connectivity index (χ1v) is 9.55. The second kappa shape index (κ2) is 8.21. The van der Waals surface area contributed by atoms with E-state index in [0.29, 0.717) is 22.6 Å². The lowest BCUT2D eigenvalue weighted by atomic mass is 10.1. The number of nitrogens with zero attached hydrogens (tertiary/aromatic N) is 2. The average Bonchev–Trinajstić information content (AvgIpc) is 2.78. The van der Waals surface area contributed by atoms with Gasteiger partial charge in [-0.2, -0.15) is 0 Å². The third-order valence-electron chi connectivity index (χ3n) is 5.02. The number of aromatic nitrogens is 2. The Labute approximate surface area is 173 Å². The highest BCUT2D eigenvalue weighted by atomic mass is 16.5. The van der Waals surface area contributed by atoms with Gasteiger partial charge in [0.2, 0.25) is 0 Å². The van der Waals surface area contributed by atoms with Crippen LogP contribution in [0.1, 0.15) is 21.5 Å². The van der Waals surface area contributed by atoms with Gasteiger partial charge < -0.3 is 14.6 Å². The van der Waals surface area contributed by atoms with Crippen LogP contribution in [-0.4, -0.2) is 23.0 Å². The van der Waals surface area contributed by atoms with Crippen LogP contribution in [0.4, 0.5) is 5.69 Å². The minimum atomic E-state index is -0.267. The first-order chi connectivity index (χ1) is 14.6. The highest BCUT2D eigenvalue weighted by Crippen LogP contribution is 2.30. The monoisotopic (exact) mass is 399 g/mol. The van der Waals surface area contributed by atoms with Crippen LogP contribution in [0.15, 0.2) is 77.9 Å². The Balaban J connectivity index is 1.83. The van der Waals surface area contributed by atoms with E-state index in [1.807, 2.05) is 43.3 Å². The number of carbonyl (C=O) groups excluding carboxylic acids is 1. The first kappa shape index (κ1) is 19.4. The van der Waals surface area contributed by atoms with E-state index < -0.39 is 0 Å². The van der Waals surface area contributed by atoms with Crippen molar-refractivity contribution in [3.63, 3.8) is 0 Å². The molecule has 0 saturated heterocycles. The fourth-order valence-corrected chi connectivity index (χ4v) is 3.48. The topological polar surface area (TPSA) is 75.3 Å². The Hall–Kier alpha value is -3.93. The lowest BCUT2D eigenvalue weighted by molar-refractivity contribution is 0.0984. The minimum Gasteiger partial charge on any atom is -0.495 e. The molecule has 2 aromatic heterocycles. The maximum Gasteiger partial charge on any atom is 0.260 e. The van der Waals surface area contributed by atoms with Crippen molar-refractivity contribution < 1.29 is 9.53 Å². The van der Waals surface area contributed by atoms with E-state index in [2.05, 4.69) is 9.97 Å².